The number of carbonyl (C=O) groups excluding carboxylic acids is 1. The first-order chi connectivity index (χ1) is 14.0. The number of fused-ring (bicyclic) bond motifs is 1. The molecule has 1 unspecified atom stereocenters. The summed E-state index contributed by atoms with van der Waals surface area (Å²) in [6, 6.07) is 0.636. The van der Waals surface area contributed by atoms with E-state index in [-0.39, 0.29) is 12.1 Å². The molecule has 2 fully saturated rings. The number of aromatic nitrogens is 4. The average Bonchev–Trinajstić information content (AvgIpc) is 2.93. The largest absolute Gasteiger partial charge is 0.356 e. The number of amides is 2. The SMILES string of the molecule is CC(C)NC(=O)N1CCCCCC1C1CCN(c2ncnc3c2cnn3C)CC1. The summed E-state index contributed by atoms with van der Waals surface area (Å²) in [5, 5.41) is 8.47. The number of aryl methyl sites for hydroxylation is 1. The smallest absolute Gasteiger partial charge is 0.317 e. The quantitative estimate of drug-likeness (QED) is 0.858. The second-order valence-corrected chi connectivity index (χ2v) is 8.74. The Balaban J connectivity index is 1.46. The lowest BCUT2D eigenvalue weighted by Gasteiger charge is -2.41. The number of hydrogen-bond donors (Lipinski definition) is 1. The molecule has 0 bridgehead atoms. The highest BCUT2D eigenvalue weighted by Gasteiger charge is 2.34. The monoisotopic (exact) mass is 399 g/mol. The summed E-state index contributed by atoms with van der Waals surface area (Å²) in [7, 11) is 1.91. The van der Waals surface area contributed by atoms with E-state index in [1.807, 2.05) is 27.1 Å². The maximum atomic E-state index is 12.8. The molecule has 8 nitrogen and oxygen atoms in total. The van der Waals surface area contributed by atoms with Gasteiger partial charge in [0.25, 0.3) is 0 Å². The van der Waals surface area contributed by atoms with Crippen LogP contribution in [0.1, 0.15) is 52.4 Å². The van der Waals surface area contributed by atoms with E-state index in [2.05, 4.69) is 30.2 Å². The van der Waals surface area contributed by atoms with Crippen LogP contribution in [0.5, 0.6) is 0 Å². The second kappa shape index (κ2) is 8.55. The average molecular weight is 400 g/mol. The number of anilines is 1. The van der Waals surface area contributed by atoms with Gasteiger partial charge in [0, 0.05) is 38.8 Å². The highest BCUT2D eigenvalue weighted by atomic mass is 16.2. The molecular formula is C21H33N7O. The van der Waals surface area contributed by atoms with Crippen LogP contribution >= 0.6 is 0 Å². The second-order valence-electron chi connectivity index (χ2n) is 8.74. The Hall–Kier alpha value is -2.38. The van der Waals surface area contributed by atoms with E-state index in [1.165, 1.54) is 12.8 Å². The molecule has 0 saturated carbocycles. The summed E-state index contributed by atoms with van der Waals surface area (Å²) >= 11 is 0. The number of carbonyl (C=O) groups is 1. The number of nitrogens with zero attached hydrogens (tertiary/aromatic N) is 6. The molecule has 0 radical (unpaired) electrons. The van der Waals surface area contributed by atoms with E-state index < -0.39 is 0 Å². The Morgan fingerprint density at radius 3 is 2.66 bits per heavy atom. The van der Waals surface area contributed by atoms with Gasteiger partial charge in [-0.1, -0.05) is 12.8 Å². The summed E-state index contributed by atoms with van der Waals surface area (Å²) in [4.78, 5) is 26.2. The summed E-state index contributed by atoms with van der Waals surface area (Å²) in [5.41, 5.74) is 0.873. The Labute approximate surface area is 172 Å². The third-order valence-electron chi connectivity index (χ3n) is 6.36. The fraction of sp³-hybridized carbons (Fsp3) is 0.714. The normalized spacial score (nSPS) is 21.6. The van der Waals surface area contributed by atoms with E-state index in [9.17, 15) is 4.79 Å². The first-order valence-electron chi connectivity index (χ1n) is 11.0. The van der Waals surface area contributed by atoms with Gasteiger partial charge >= 0.3 is 6.03 Å². The molecule has 0 aliphatic carbocycles. The zero-order valence-electron chi connectivity index (χ0n) is 17.8. The Kier molecular flexibility index (Phi) is 5.87. The van der Waals surface area contributed by atoms with Crippen molar-refractivity contribution >= 4 is 22.9 Å². The van der Waals surface area contributed by atoms with Crippen molar-refractivity contribution in [2.24, 2.45) is 13.0 Å². The van der Waals surface area contributed by atoms with E-state index in [4.69, 9.17) is 0 Å². The summed E-state index contributed by atoms with van der Waals surface area (Å²) in [6.45, 7) is 6.86. The molecule has 29 heavy (non-hydrogen) atoms. The first kappa shape index (κ1) is 19.9. The lowest BCUT2D eigenvalue weighted by molar-refractivity contribution is 0.135. The predicted octanol–water partition coefficient (Wildman–Crippen LogP) is 2.94. The number of piperidine rings is 1. The molecule has 2 aromatic heterocycles. The summed E-state index contributed by atoms with van der Waals surface area (Å²) in [5.74, 6) is 1.53. The fourth-order valence-electron chi connectivity index (χ4n) is 4.90. The third kappa shape index (κ3) is 4.16. The molecule has 158 valence electrons. The number of likely N-dealkylation sites (tertiary alicyclic amines) is 1. The molecule has 0 aromatic carbocycles. The van der Waals surface area contributed by atoms with Crippen LogP contribution in [0.25, 0.3) is 11.0 Å². The van der Waals surface area contributed by atoms with Crippen molar-refractivity contribution < 1.29 is 4.79 Å². The van der Waals surface area contributed by atoms with Crippen molar-refractivity contribution in [2.75, 3.05) is 24.5 Å². The van der Waals surface area contributed by atoms with Gasteiger partial charge < -0.3 is 15.1 Å². The molecule has 1 N–H and O–H groups in total. The van der Waals surface area contributed by atoms with Crippen LogP contribution in [-0.2, 0) is 7.05 Å². The molecule has 2 aromatic rings. The van der Waals surface area contributed by atoms with Crippen LogP contribution in [-0.4, -0.2) is 62.4 Å². The van der Waals surface area contributed by atoms with Crippen molar-refractivity contribution in [3.63, 3.8) is 0 Å². The highest BCUT2D eigenvalue weighted by Crippen LogP contribution is 2.33. The summed E-state index contributed by atoms with van der Waals surface area (Å²) < 4.78 is 1.80. The predicted molar refractivity (Wildman–Crippen MR) is 114 cm³/mol. The zero-order valence-corrected chi connectivity index (χ0v) is 17.8. The van der Waals surface area contributed by atoms with Gasteiger partial charge in [0.05, 0.1) is 11.6 Å². The topological polar surface area (TPSA) is 79.2 Å². The number of nitrogens with one attached hydrogen (secondary N) is 1. The first-order valence-corrected chi connectivity index (χ1v) is 11.0. The molecule has 2 amide bonds. The van der Waals surface area contributed by atoms with Crippen LogP contribution < -0.4 is 10.2 Å². The minimum absolute atomic E-state index is 0.113. The molecule has 2 aliphatic heterocycles. The molecule has 8 heteroatoms. The molecule has 4 rings (SSSR count). The number of rotatable bonds is 3. The number of hydrogen-bond acceptors (Lipinski definition) is 5. The fourth-order valence-corrected chi connectivity index (χ4v) is 4.90. The molecule has 4 heterocycles. The van der Waals surface area contributed by atoms with Gasteiger partial charge in [0.1, 0.15) is 12.1 Å². The van der Waals surface area contributed by atoms with Crippen molar-refractivity contribution in [1.29, 1.82) is 0 Å². The van der Waals surface area contributed by atoms with E-state index in [0.29, 0.717) is 12.0 Å². The maximum absolute atomic E-state index is 12.8. The van der Waals surface area contributed by atoms with Crippen molar-refractivity contribution in [3.05, 3.63) is 12.5 Å². The van der Waals surface area contributed by atoms with E-state index in [0.717, 1.165) is 62.2 Å². The minimum atomic E-state index is 0.113. The molecule has 1 atom stereocenters. The van der Waals surface area contributed by atoms with Crippen molar-refractivity contribution in [3.8, 4) is 0 Å². The van der Waals surface area contributed by atoms with Crippen molar-refractivity contribution in [2.45, 2.75) is 64.5 Å². The molecular weight excluding hydrogens is 366 g/mol. The van der Waals surface area contributed by atoms with Crippen LogP contribution in [0, 0.1) is 5.92 Å². The van der Waals surface area contributed by atoms with E-state index in [1.54, 1.807) is 11.0 Å². The summed E-state index contributed by atoms with van der Waals surface area (Å²) in [6.07, 6.45) is 10.3. The Morgan fingerprint density at radius 2 is 1.90 bits per heavy atom. The Morgan fingerprint density at radius 1 is 1.10 bits per heavy atom. The lowest BCUT2D eigenvalue weighted by Crippen LogP contribution is -2.52. The van der Waals surface area contributed by atoms with Crippen LogP contribution in [0.3, 0.4) is 0 Å². The van der Waals surface area contributed by atoms with Gasteiger partial charge in [-0.3, -0.25) is 4.68 Å². The van der Waals surface area contributed by atoms with Gasteiger partial charge in [-0.15, -0.1) is 0 Å². The van der Waals surface area contributed by atoms with Gasteiger partial charge in [-0.05, 0) is 45.4 Å². The van der Waals surface area contributed by atoms with Crippen LogP contribution in [0.4, 0.5) is 10.6 Å². The zero-order chi connectivity index (χ0) is 20.4. The standard InChI is InChI=1S/C21H33N7O/c1-15(2)25-21(29)28-10-6-4-5-7-18(28)16-8-11-27(12-9-16)20-17-13-24-26(3)19(17)22-14-23-20/h13-16,18H,4-12H2,1-3H3,(H,25,29). The lowest BCUT2D eigenvalue weighted by atomic mass is 9.86. The third-order valence-corrected chi connectivity index (χ3v) is 6.36. The molecule has 0 spiro atoms. The van der Waals surface area contributed by atoms with Crippen LogP contribution in [0.15, 0.2) is 12.5 Å². The van der Waals surface area contributed by atoms with Crippen molar-refractivity contribution in [1.82, 2.24) is 30.0 Å². The van der Waals surface area contributed by atoms with E-state index >= 15 is 0 Å². The highest BCUT2D eigenvalue weighted by molar-refractivity contribution is 5.86. The van der Waals surface area contributed by atoms with Gasteiger partial charge in [-0.25, -0.2) is 14.8 Å². The van der Waals surface area contributed by atoms with Crippen LogP contribution in [0.2, 0.25) is 0 Å². The van der Waals surface area contributed by atoms with Gasteiger partial charge in [0.2, 0.25) is 0 Å². The van der Waals surface area contributed by atoms with Gasteiger partial charge in [0.15, 0.2) is 5.65 Å². The van der Waals surface area contributed by atoms with Gasteiger partial charge in [-0.2, -0.15) is 5.10 Å². The maximum Gasteiger partial charge on any atom is 0.317 e. The molecule has 2 saturated heterocycles. The molecule has 2 aliphatic rings. The Bertz CT molecular complexity index is 841. The number of urea groups is 1. The minimum Gasteiger partial charge on any atom is -0.356 e.